The highest BCUT2D eigenvalue weighted by atomic mass is 19.1. The van der Waals surface area contributed by atoms with Gasteiger partial charge in [0, 0.05) is 36.8 Å². The second kappa shape index (κ2) is 7.20. The zero-order valence-electron chi connectivity index (χ0n) is 16.2. The minimum atomic E-state index is -1.27. The molecule has 1 aromatic carbocycles. The molecule has 0 amide bonds. The molecule has 0 bridgehead atoms. The third-order valence-electron chi connectivity index (χ3n) is 6.07. The Bertz CT molecular complexity index is 983. The molecular formula is C21H26FN3O3. The molecule has 0 spiro atoms. The van der Waals surface area contributed by atoms with Crippen LogP contribution in [0, 0.1) is 11.7 Å². The summed E-state index contributed by atoms with van der Waals surface area (Å²) in [6, 6.07) is 3.50. The Labute approximate surface area is 163 Å². The minimum absolute atomic E-state index is 0.143. The Kier molecular flexibility index (Phi) is 4.87. The fourth-order valence-electron chi connectivity index (χ4n) is 4.31. The van der Waals surface area contributed by atoms with E-state index in [9.17, 15) is 19.1 Å². The number of nitrogens with one attached hydrogen (secondary N) is 1. The molecule has 0 unspecified atom stereocenters. The third kappa shape index (κ3) is 3.28. The van der Waals surface area contributed by atoms with Gasteiger partial charge in [-0.1, -0.05) is 6.92 Å². The van der Waals surface area contributed by atoms with Gasteiger partial charge in [-0.05, 0) is 50.8 Å². The Morgan fingerprint density at radius 2 is 2.11 bits per heavy atom. The zero-order valence-corrected chi connectivity index (χ0v) is 16.2. The van der Waals surface area contributed by atoms with Crippen molar-refractivity contribution in [1.82, 2.24) is 9.88 Å². The molecule has 2 atom stereocenters. The fraction of sp³-hybridized carbons (Fsp3) is 0.524. The number of fused-ring (bicyclic) bond motifs is 1. The summed E-state index contributed by atoms with van der Waals surface area (Å²) in [5.74, 6) is -1.30. The minimum Gasteiger partial charge on any atom is -0.477 e. The molecule has 0 radical (unpaired) electrons. The molecule has 7 heteroatoms. The van der Waals surface area contributed by atoms with Gasteiger partial charge in [-0.25, -0.2) is 9.18 Å². The number of pyridine rings is 1. The van der Waals surface area contributed by atoms with Crippen molar-refractivity contribution >= 4 is 22.6 Å². The SMILES string of the molecule is CCN[C@H](C)[C@@H]1CCN(c2cc3c(cc2F)c(=O)c(C(=O)O)cn3C2CC2)C1. The van der Waals surface area contributed by atoms with Crippen molar-refractivity contribution in [3.8, 4) is 0 Å². The summed E-state index contributed by atoms with van der Waals surface area (Å²) < 4.78 is 16.8. The number of rotatable bonds is 6. The van der Waals surface area contributed by atoms with E-state index in [1.807, 2.05) is 9.47 Å². The molecule has 1 aliphatic carbocycles. The fourth-order valence-corrected chi connectivity index (χ4v) is 4.31. The summed E-state index contributed by atoms with van der Waals surface area (Å²) >= 11 is 0. The molecule has 2 fully saturated rings. The third-order valence-corrected chi connectivity index (χ3v) is 6.07. The molecule has 2 heterocycles. The molecule has 1 saturated carbocycles. The van der Waals surface area contributed by atoms with Crippen molar-refractivity contribution in [3.05, 3.63) is 39.9 Å². The Morgan fingerprint density at radius 1 is 1.36 bits per heavy atom. The number of carbonyl (C=O) groups is 1. The van der Waals surface area contributed by atoms with E-state index in [-0.39, 0.29) is 17.0 Å². The van der Waals surface area contributed by atoms with Gasteiger partial charge in [0.05, 0.1) is 11.2 Å². The lowest BCUT2D eigenvalue weighted by atomic mass is 10.0. The number of benzene rings is 1. The molecule has 4 rings (SSSR count). The standard InChI is InChI=1S/C21H26FN3O3/c1-3-23-12(2)13-6-7-24(10-13)19-9-18-15(8-17(19)22)20(26)16(21(27)28)11-25(18)14-4-5-14/h8-9,11-14,23H,3-7,10H2,1-2H3,(H,27,28)/t12-,13-/m1/s1. The lowest BCUT2D eigenvalue weighted by molar-refractivity contribution is 0.0695. The van der Waals surface area contributed by atoms with Crippen LogP contribution in [0.2, 0.25) is 0 Å². The molecule has 2 aromatic rings. The maximum atomic E-state index is 15.0. The van der Waals surface area contributed by atoms with Crippen LogP contribution in [0.15, 0.2) is 23.1 Å². The molecule has 1 saturated heterocycles. The normalized spacial score (nSPS) is 20.7. The van der Waals surface area contributed by atoms with Crippen LogP contribution in [-0.2, 0) is 0 Å². The predicted octanol–water partition coefficient (Wildman–Crippen LogP) is 3.00. The van der Waals surface area contributed by atoms with Gasteiger partial charge >= 0.3 is 5.97 Å². The van der Waals surface area contributed by atoms with E-state index >= 15 is 0 Å². The van der Waals surface area contributed by atoms with Gasteiger partial charge in [-0.3, -0.25) is 4.79 Å². The lowest BCUT2D eigenvalue weighted by Gasteiger charge is -2.23. The number of carboxylic acid groups (broad SMARTS) is 1. The van der Waals surface area contributed by atoms with Crippen molar-refractivity contribution in [2.24, 2.45) is 5.92 Å². The van der Waals surface area contributed by atoms with Crippen molar-refractivity contribution in [1.29, 1.82) is 0 Å². The average Bonchev–Trinajstić information content (AvgIpc) is 3.38. The highest BCUT2D eigenvalue weighted by Crippen LogP contribution is 2.38. The van der Waals surface area contributed by atoms with E-state index in [4.69, 9.17) is 0 Å². The first-order valence-corrected chi connectivity index (χ1v) is 10.0. The van der Waals surface area contributed by atoms with Gasteiger partial charge in [0.25, 0.3) is 0 Å². The van der Waals surface area contributed by atoms with E-state index in [2.05, 4.69) is 19.2 Å². The molecule has 1 aliphatic heterocycles. The van der Waals surface area contributed by atoms with E-state index in [1.165, 1.54) is 12.3 Å². The van der Waals surface area contributed by atoms with Gasteiger partial charge < -0.3 is 19.9 Å². The number of aromatic carboxylic acids is 1. The van der Waals surface area contributed by atoms with Crippen molar-refractivity contribution in [2.45, 2.75) is 45.2 Å². The van der Waals surface area contributed by atoms with Gasteiger partial charge in [0.1, 0.15) is 11.4 Å². The van der Waals surface area contributed by atoms with Crippen LogP contribution in [0.5, 0.6) is 0 Å². The van der Waals surface area contributed by atoms with Crippen LogP contribution >= 0.6 is 0 Å². The van der Waals surface area contributed by atoms with Crippen LogP contribution in [0.1, 0.15) is 49.5 Å². The van der Waals surface area contributed by atoms with Crippen molar-refractivity contribution in [3.63, 3.8) is 0 Å². The topological polar surface area (TPSA) is 74.6 Å². The molecule has 2 N–H and O–H groups in total. The summed E-state index contributed by atoms with van der Waals surface area (Å²) in [5.41, 5.74) is 0.199. The zero-order chi connectivity index (χ0) is 20.0. The maximum absolute atomic E-state index is 15.0. The number of hydrogen-bond donors (Lipinski definition) is 2. The monoisotopic (exact) mass is 387 g/mol. The smallest absolute Gasteiger partial charge is 0.341 e. The average molecular weight is 387 g/mol. The van der Waals surface area contributed by atoms with E-state index in [1.54, 1.807) is 6.07 Å². The summed E-state index contributed by atoms with van der Waals surface area (Å²) in [7, 11) is 0. The number of anilines is 1. The van der Waals surface area contributed by atoms with Gasteiger partial charge in [-0.15, -0.1) is 0 Å². The van der Waals surface area contributed by atoms with Crippen LogP contribution in [0.25, 0.3) is 10.9 Å². The molecule has 150 valence electrons. The second-order valence-electron chi connectivity index (χ2n) is 7.98. The van der Waals surface area contributed by atoms with Crippen LogP contribution in [0.3, 0.4) is 0 Å². The predicted molar refractivity (Wildman–Crippen MR) is 107 cm³/mol. The first kappa shape index (κ1) is 18.9. The molecule has 1 aromatic heterocycles. The summed E-state index contributed by atoms with van der Waals surface area (Å²) in [4.78, 5) is 26.1. The van der Waals surface area contributed by atoms with Crippen LogP contribution in [0.4, 0.5) is 10.1 Å². The summed E-state index contributed by atoms with van der Waals surface area (Å²) in [6.07, 6.45) is 4.29. The van der Waals surface area contributed by atoms with Gasteiger partial charge in [0.2, 0.25) is 5.43 Å². The van der Waals surface area contributed by atoms with Crippen LogP contribution < -0.4 is 15.6 Å². The van der Waals surface area contributed by atoms with E-state index < -0.39 is 17.2 Å². The quantitative estimate of drug-likeness (QED) is 0.797. The summed E-state index contributed by atoms with van der Waals surface area (Å²) in [6.45, 7) is 6.67. The Balaban J connectivity index is 1.76. The van der Waals surface area contributed by atoms with Crippen molar-refractivity contribution < 1.29 is 14.3 Å². The molecule has 28 heavy (non-hydrogen) atoms. The first-order chi connectivity index (χ1) is 13.4. The van der Waals surface area contributed by atoms with E-state index in [0.29, 0.717) is 23.2 Å². The second-order valence-corrected chi connectivity index (χ2v) is 7.98. The Hall–Kier alpha value is -2.41. The molecular weight excluding hydrogens is 361 g/mol. The van der Waals surface area contributed by atoms with Crippen molar-refractivity contribution in [2.75, 3.05) is 24.5 Å². The lowest BCUT2D eigenvalue weighted by Crippen LogP contribution is -2.35. The highest BCUT2D eigenvalue weighted by Gasteiger charge is 2.31. The maximum Gasteiger partial charge on any atom is 0.341 e. The van der Waals surface area contributed by atoms with E-state index in [0.717, 1.165) is 38.9 Å². The number of hydrogen-bond acceptors (Lipinski definition) is 4. The summed E-state index contributed by atoms with van der Waals surface area (Å²) in [5, 5.41) is 12.9. The highest BCUT2D eigenvalue weighted by molar-refractivity contribution is 5.93. The number of aromatic nitrogens is 1. The van der Waals surface area contributed by atoms with Gasteiger partial charge in [-0.2, -0.15) is 0 Å². The Morgan fingerprint density at radius 3 is 2.75 bits per heavy atom. The first-order valence-electron chi connectivity index (χ1n) is 10.0. The number of carboxylic acids is 1. The number of halogens is 1. The van der Waals surface area contributed by atoms with Gasteiger partial charge in [0.15, 0.2) is 0 Å². The molecule has 6 nitrogen and oxygen atoms in total. The largest absolute Gasteiger partial charge is 0.477 e. The van der Waals surface area contributed by atoms with Crippen LogP contribution in [-0.4, -0.2) is 41.3 Å². The molecule has 2 aliphatic rings. The number of nitrogens with zero attached hydrogens (tertiary/aromatic N) is 2.